The topological polar surface area (TPSA) is 108 Å². The molecule has 1 amide bonds. The average molecular weight is 293 g/mol. The molecule has 0 aliphatic carbocycles. The molecule has 2 rings (SSSR count). The summed E-state index contributed by atoms with van der Waals surface area (Å²) in [4.78, 5) is 30.3. The predicted molar refractivity (Wildman–Crippen MR) is 77.3 cm³/mol. The van der Waals surface area contributed by atoms with Crippen molar-refractivity contribution in [3.05, 3.63) is 28.0 Å². The van der Waals surface area contributed by atoms with Crippen LogP contribution in [0.4, 0.5) is 0 Å². The Kier molecular flexibility index (Phi) is 5.10. The molecule has 21 heavy (non-hydrogen) atoms. The number of aliphatic hydroxyl groups excluding tert-OH is 1. The number of carbonyl (C=O) groups is 1. The lowest BCUT2D eigenvalue weighted by molar-refractivity contribution is 0.0952. The summed E-state index contributed by atoms with van der Waals surface area (Å²) in [5.74, 6) is 0.0545. The van der Waals surface area contributed by atoms with Crippen LogP contribution in [0.15, 0.2) is 15.5 Å². The first-order valence-electron chi connectivity index (χ1n) is 7.01. The molecule has 2 aromatic rings. The molecular formula is C14H19N3O4. The number of H-pyrrole nitrogens is 1. The first-order valence-corrected chi connectivity index (χ1v) is 7.01. The summed E-state index contributed by atoms with van der Waals surface area (Å²) < 4.78 is 5.34. The number of hydrogen-bond donors (Lipinski definition) is 3. The van der Waals surface area contributed by atoms with E-state index >= 15 is 0 Å². The number of furan rings is 1. The predicted octanol–water partition coefficient (Wildman–Crippen LogP) is 1.11. The molecular weight excluding hydrogens is 274 g/mol. The van der Waals surface area contributed by atoms with Crippen LogP contribution < -0.4 is 10.9 Å². The zero-order valence-electron chi connectivity index (χ0n) is 11.9. The molecule has 7 nitrogen and oxygen atoms in total. The van der Waals surface area contributed by atoms with Crippen LogP contribution in [0.1, 0.15) is 41.8 Å². The largest absolute Gasteiger partial charge is 0.442 e. The van der Waals surface area contributed by atoms with E-state index in [0.29, 0.717) is 12.3 Å². The fourth-order valence-corrected chi connectivity index (χ4v) is 2.21. The maximum absolute atomic E-state index is 12.2. The van der Waals surface area contributed by atoms with Gasteiger partial charge in [0.15, 0.2) is 0 Å². The molecule has 0 aliphatic rings. The highest BCUT2D eigenvalue weighted by atomic mass is 16.3. The summed E-state index contributed by atoms with van der Waals surface area (Å²) in [7, 11) is 0. The van der Waals surface area contributed by atoms with Crippen LogP contribution in [0.25, 0.3) is 11.1 Å². The third-order valence-electron chi connectivity index (χ3n) is 3.27. The van der Waals surface area contributed by atoms with Crippen LogP contribution in [0, 0.1) is 6.92 Å². The van der Waals surface area contributed by atoms with Crippen molar-refractivity contribution in [2.24, 2.45) is 0 Å². The van der Waals surface area contributed by atoms with Gasteiger partial charge >= 0.3 is 0 Å². The Labute approximate surface area is 121 Å². The summed E-state index contributed by atoms with van der Waals surface area (Å²) in [5.41, 5.74) is 0.0315. The number of fused-ring (bicyclic) bond motifs is 1. The Morgan fingerprint density at radius 1 is 1.38 bits per heavy atom. The maximum Gasteiger partial charge on any atom is 0.262 e. The van der Waals surface area contributed by atoms with E-state index in [1.54, 1.807) is 6.92 Å². The number of nitrogens with zero attached hydrogens (tertiary/aromatic N) is 1. The lowest BCUT2D eigenvalue weighted by Gasteiger charge is -2.04. The second-order valence-corrected chi connectivity index (χ2v) is 4.84. The summed E-state index contributed by atoms with van der Waals surface area (Å²) in [6.45, 7) is 2.36. The molecule has 0 aliphatic heterocycles. The van der Waals surface area contributed by atoms with Crippen molar-refractivity contribution in [1.82, 2.24) is 15.3 Å². The molecule has 0 aromatic carbocycles. The van der Waals surface area contributed by atoms with Crippen LogP contribution >= 0.6 is 0 Å². The number of aliphatic hydroxyl groups is 1. The second kappa shape index (κ2) is 7.03. The highest BCUT2D eigenvalue weighted by molar-refractivity contribution is 6.06. The molecule has 3 N–H and O–H groups in total. The summed E-state index contributed by atoms with van der Waals surface area (Å²) in [6.07, 6.45) is 4.73. The van der Waals surface area contributed by atoms with Gasteiger partial charge in [0.1, 0.15) is 11.1 Å². The zero-order valence-corrected chi connectivity index (χ0v) is 11.9. The molecule has 114 valence electrons. The number of unbranched alkanes of at least 4 members (excludes halogenated alkanes) is 3. The molecule has 0 unspecified atom stereocenters. The molecule has 0 saturated carbocycles. The number of aromatic nitrogens is 2. The van der Waals surface area contributed by atoms with Gasteiger partial charge in [-0.3, -0.25) is 9.59 Å². The van der Waals surface area contributed by atoms with Gasteiger partial charge in [0.2, 0.25) is 5.71 Å². The van der Waals surface area contributed by atoms with Gasteiger partial charge in [-0.2, -0.15) is 0 Å². The van der Waals surface area contributed by atoms with Gasteiger partial charge < -0.3 is 19.8 Å². The number of amides is 1. The highest BCUT2D eigenvalue weighted by Crippen LogP contribution is 2.20. The van der Waals surface area contributed by atoms with Crippen LogP contribution in [0.3, 0.4) is 0 Å². The van der Waals surface area contributed by atoms with E-state index in [4.69, 9.17) is 9.52 Å². The quantitative estimate of drug-likeness (QED) is 0.663. The number of carbonyl (C=O) groups excluding carboxylic acids is 1. The van der Waals surface area contributed by atoms with E-state index in [2.05, 4.69) is 15.3 Å². The molecule has 0 bridgehead atoms. The van der Waals surface area contributed by atoms with Crippen LogP contribution in [0.5, 0.6) is 0 Å². The molecule has 0 radical (unpaired) electrons. The minimum absolute atomic E-state index is 0.171. The Morgan fingerprint density at radius 2 is 2.14 bits per heavy atom. The molecule has 7 heteroatoms. The molecule has 0 atom stereocenters. The summed E-state index contributed by atoms with van der Waals surface area (Å²) in [6, 6.07) is 0. The van der Waals surface area contributed by atoms with Gasteiger partial charge in [-0.1, -0.05) is 12.8 Å². The maximum atomic E-state index is 12.2. The van der Waals surface area contributed by atoms with E-state index in [0.717, 1.165) is 25.7 Å². The van der Waals surface area contributed by atoms with E-state index < -0.39 is 0 Å². The second-order valence-electron chi connectivity index (χ2n) is 4.84. The minimum Gasteiger partial charge on any atom is -0.442 e. The Hall–Kier alpha value is -2.15. The van der Waals surface area contributed by atoms with Gasteiger partial charge in [-0.05, 0) is 19.8 Å². The third kappa shape index (κ3) is 3.49. The third-order valence-corrected chi connectivity index (χ3v) is 3.27. The molecule has 0 fully saturated rings. The monoisotopic (exact) mass is 293 g/mol. The van der Waals surface area contributed by atoms with E-state index in [-0.39, 0.29) is 34.7 Å². The SMILES string of the molecule is Cc1oc2nc[nH]c(=O)c2c1C(=O)NCCCCCCO. The number of hydrogen-bond acceptors (Lipinski definition) is 5. The summed E-state index contributed by atoms with van der Waals surface area (Å²) >= 11 is 0. The van der Waals surface area contributed by atoms with E-state index in [9.17, 15) is 9.59 Å². The van der Waals surface area contributed by atoms with Gasteiger partial charge in [-0.15, -0.1) is 0 Å². The first-order chi connectivity index (χ1) is 10.1. The Bertz CT molecular complexity index is 674. The van der Waals surface area contributed by atoms with Gasteiger partial charge in [0.05, 0.1) is 11.9 Å². The van der Waals surface area contributed by atoms with Crippen molar-refractivity contribution in [2.75, 3.05) is 13.2 Å². The number of aryl methyl sites for hydroxylation is 1. The van der Waals surface area contributed by atoms with Gasteiger partial charge in [0, 0.05) is 13.2 Å². The fourth-order valence-electron chi connectivity index (χ4n) is 2.21. The van der Waals surface area contributed by atoms with Crippen LogP contribution in [0.2, 0.25) is 0 Å². The fraction of sp³-hybridized carbons (Fsp3) is 0.500. The number of rotatable bonds is 7. The van der Waals surface area contributed by atoms with Crippen molar-refractivity contribution in [2.45, 2.75) is 32.6 Å². The molecule has 0 spiro atoms. The number of aromatic amines is 1. The van der Waals surface area contributed by atoms with Crippen molar-refractivity contribution in [1.29, 1.82) is 0 Å². The lowest BCUT2D eigenvalue weighted by atomic mass is 10.1. The van der Waals surface area contributed by atoms with Crippen molar-refractivity contribution < 1.29 is 14.3 Å². The Morgan fingerprint density at radius 3 is 2.90 bits per heavy atom. The van der Waals surface area contributed by atoms with Crippen molar-refractivity contribution >= 4 is 17.0 Å². The summed E-state index contributed by atoms with van der Waals surface area (Å²) in [5, 5.41) is 11.6. The van der Waals surface area contributed by atoms with Gasteiger partial charge in [0.25, 0.3) is 11.5 Å². The van der Waals surface area contributed by atoms with Gasteiger partial charge in [-0.25, -0.2) is 4.98 Å². The zero-order chi connectivity index (χ0) is 15.2. The average Bonchev–Trinajstić information content (AvgIpc) is 2.80. The van der Waals surface area contributed by atoms with Crippen molar-refractivity contribution in [3.8, 4) is 0 Å². The first kappa shape index (κ1) is 15.2. The van der Waals surface area contributed by atoms with Crippen molar-refractivity contribution in [3.63, 3.8) is 0 Å². The minimum atomic E-state index is -0.384. The van der Waals surface area contributed by atoms with Crippen LogP contribution in [-0.4, -0.2) is 34.1 Å². The molecule has 2 aromatic heterocycles. The lowest BCUT2D eigenvalue weighted by Crippen LogP contribution is -2.26. The highest BCUT2D eigenvalue weighted by Gasteiger charge is 2.21. The number of nitrogens with one attached hydrogen (secondary N) is 2. The smallest absolute Gasteiger partial charge is 0.262 e. The molecule has 0 saturated heterocycles. The van der Waals surface area contributed by atoms with E-state index in [1.807, 2.05) is 0 Å². The normalized spacial score (nSPS) is 11.0. The Balaban J connectivity index is 2.03. The standard InChI is InChI=1S/C14H19N3O4/c1-9-10(11-13(20)16-8-17-14(11)21-9)12(19)15-6-4-2-3-5-7-18/h8,18H,2-7H2,1H3,(H,15,19)(H,16,17,20). The molecule has 2 heterocycles. The van der Waals surface area contributed by atoms with E-state index in [1.165, 1.54) is 6.33 Å². The van der Waals surface area contributed by atoms with Crippen LogP contribution in [-0.2, 0) is 0 Å².